The molecule has 1 N–H and O–H groups in total. The minimum atomic E-state index is 0. The van der Waals surface area contributed by atoms with E-state index in [0.717, 1.165) is 6.42 Å². The van der Waals surface area contributed by atoms with Crippen LogP contribution in [0.5, 0.6) is 0 Å². The van der Waals surface area contributed by atoms with Crippen molar-refractivity contribution < 1.29 is 37.8 Å². The molecule has 0 bridgehead atoms. The van der Waals surface area contributed by atoms with Gasteiger partial charge in [-0.2, -0.15) is 11.8 Å². The van der Waals surface area contributed by atoms with E-state index in [2.05, 4.69) is 6.92 Å². The van der Waals surface area contributed by atoms with Gasteiger partial charge in [0.1, 0.15) is 0 Å². The molecule has 0 aliphatic carbocycles. The first-order chi connectivity index (χ1) is 3.66. The second-order valence-electron chi connectivity index (χ2n) is 2.47. The summed E-state index contributed by atoms with van der Waals surface area (Å²) < 4.78 is 0. The Bertz CT molecular complexity index is 54.9. The molecule has 0 fully saturated rings. The number of hydrogen-bond donors (Lipinski definition) is 1. The van der Waals surface area contributed by atoms with Crippen LogP contribution in [0.15, 0.2) is 0 Å². The van der Waals surface area contributed by atoms with Crippen LogP contribution in [-0.2, 0) is 32.7 Å². The van der Waals surface area contributed by atoms with Gasteiger partial charge in [-0.25, -0.2) is 6.61 Å². The molecule has 0 aliphatic heterocycles. The van der Waals surface area contributed by atoms with Crippen molar-refractivity contribution in [1.82, 2.24) is 0 Å². The van der Waals surface area contributed by atoms with Crippen molar-refractivity contribution in [3.63, 3.8) is 0 Å². The number of rotatable bonds is 3. The molecule has 1 radical (unpaired) electrons. The van der Waals surface area contributed by atoms with Gasteiger partial charge in [-0.3, -0.25) is 0 Å². The fourth-order valence-electron chi connectivity index (χ4n) is 0.696. The van der Waals surface area contributed by atoms with Gasteiger partial charge in [0.15, 0.2) is 0 Å². The van der Waals surface area contributed by atoms with Crippen molar-refractivity contribution in [2.75, 3.05) is 0 Å². The quantitative estimate of drug-likeness (QED) is 0.695. The minimum absolute atomic E-state index is 0. The Kier molecular flexibility index (Phi) is 10.1. The molecule has 0 spiro atoms. The smallest absolute Gasteiger partial charge is 0 e. The molecule has 0 aromatic rings. The summed E-state index contributed by atoms with van der Waals surface area (Å²) in [5.41, 5.74) is 0. The first kappa shape index (κ1) is 12.7. The monoisotopic (exact) mass is 203 g/mol. The largest absolute Gasteiger partial charge is 0.566 e. The minimum Gasteiger partial charge on any atom is -0.566 e. The molecule has 2 atom stereocenters. The average molecular weight is 203 g/mol. The van der Waals surface area contributed by atoms with Crippen molar-refractivity contribution in [3.8, 4) is 0 Å². The van der Waals surface area contributed by atoms with Crippen LogP contribution in [0, 0.1) is 25.4 Å². The topological polar surface area (TPSA) is 20.2 Å². The maximum Gasteiger partial charge on any atom is 0 e. The Balaban J connectivity index is 0. The van der Waals surface area contributed by atoms with Crippen LogP contribution in [0.4, 0.5) is 0 Å². The van der Waals surface area contributed by atoms with Crippen molar-refractivity contribution in [2.45, 2.75) is 20.3 Å². The standard InChI is InChI=1S/C7H14O.Y/c1-6(2)4-7(3)5-8;/h5-8H,1,4H2,2-3H3;/q-2;. The second kappa shape index (κ2) is 7.17. The zero-order valence-corrected chi connectivity index (χ0v) is 9.01. The van der Waals surface area contributed by atoms with Gasteiger partial charge in [-0.15, -0.1) is 6.42 Å². The molecule has 9 heavy (non-hydrogen) atoms. The number of aliphatic hydroxyl groups excluding tert-OH is 1. The van der Waals surface area contributed by atoms with Crippen molar-refractivity contribution in [2.24, 2.45) is 11.8 Å². The Morgan fingerprint density at radius 3 is 2.11 bits per heavy atom. The summed E-state index contributed by atoms with van der Waals surface area (Å²) in [6.45, 7) is 9.03. The van der Waals surface area contributed by atoms with Gasteiger partial charge >= 0.3 is 0 Å². The van der Waals surface area contributed by atoms with Gasteiger partial charge in [-0.05, 0) is 0 Å². The number of aliphatic hydroxyl groups is 1. The summed E-state index contributed by atoms with van der Waals surface area (Å²) in [6.07, 6.45) is 0.969. The summed E-state index contributed by atoms with van der Waals surface area (Å²) in [4.78, 5) is 0. The normalized spacial score (nSPS) is 16.0. The maximum absolute atomic E-state index is 8.43. The second-order valence-corrected chi connectivity index (χ2v) is 2.47. The zero-order chi connectivity index (χ0) is 6.57. The van der Waals surface area contributed by atoms with Crippen molar-refractivity contribution in [1.29, 1.82) is 0 Å². The van der Waals surface area contributed by atoms with E-state index < -0.39 is 0 Å². The molecule has 1 nitrogen and oxygen atoms in total. The van der Waals surface area contributed by atoms with Gasteiger partial charge in [0.05, 0.1) is 0 Å². The molecule has 0 rings (SSSR count). The van der Waals surface area contributed by atoms with Crippen LogP contribution < -0.4 is 0 Å². The van der Waals surface area contributed by atoms with Crippen LogP contribution in [0.1, 0.15) is 20.3 Å². The third-order valence-corrected chi connectivity index (χ3v) is 1.03. The van der Waals surface area contributed by atoms with Crippen LogP contribution in [0.3, 0.4) is 0 Å². The molecule has 53 valence electrons. The fourth-order valence-corrected chi connectivity index (χ4v) is 0.696. The van der Waals surface area contributed by atoms with E-state index in [-0.39, 0.29) is 32.7 Å². The van der Waals surface area contributed by atoms with Gasteiger partial charge in [0, 0.05) is 32.7 Å². The van der Waals surface area contributed by atoms with E-state index >= 15 is 0 Å². The van der Waals surface area contributed by atoms with Crippen LogP contribution in [0.25, 0.3) is 0 Å². The fraction of sp³-hybridized carbons (Fsp3) is 0.714. The zero-order valence-electron chi connectivity index (χ0n) is 6.17. The summed E-state index contributed by atoms with van der Waals surface area (Å²) in [5.74, 6) is 0.732. The van der Waals surface area contributed by atoms with E-state index in [1.54, 1.807) is 0 Å². The molecular weight excluding hydrogens is 189 g/mol. The summed E-state index contributed by atoms with van der Waals surface area (Å²) in [7, 11) is 0. The van der Waals surface area contributed by atoms with Gasteiger partial charge in [0.25, 0.3) is 0 Å². The molecular formula is C7H14OY-2. The molecule has 0 saturated carbocycles. The van der Waals surface area contributed by atoms with E-state index in [4.69, 9.17) is 5.11 Å². The molecule has 2 heteroatoms. The van der Waals surface area contributed by atoms with E-state index in [0.29, 0.717) is 11.8 Å². The maximum atomic E-state index is 8.43. The first-order valence-electron chi connectivity index (χ1n) is 2.97. The van der Waals surface area contributed by atoms with Gasteiger partial charge in [-0.1, -0.05) is 13.8 Å². The molecule has 0 aromatic heterocycles. The average Bonchev–Trinajstić information content (AvgIpc) is 1.65. The Labute approximate surface area is 83.1 Å². The summed E-state index contributed by atoms with van der Waals surface area (Å²) in [5, 5.41) is 8.43. The third-order valence-electron chi connectivity index (χ3n) is 1.03. The Hall–Kier alpha value is 1.06. The van der Waals surface area contributed by atoms with Crippen LogP contribution >= 0.6 is 0 Å². The molecule has 0 saturated heterocycles. The molecule has 2 unspecified atom stereocenters. The SMILES string of the molecule is [CH2-]C(C)CC(C)[CH-]O.[Y]. The Morgan fingerprint density at radius 1 is 1.56 bits per heavy atom. The van der Waals surface area contributed by atoms with Gasteiger partial charge < -0.3 is 12.0 Å². The van der Waals surface area contributed by atoms with E-state index in [1.165, 1.54) is 6.61 Å². The first-order valence-corrected chi connectivity index (χ1v) is 2.97. The van der Waals surface area contributed by atoms with Crippen molar-refractivity contribution >= 4 is 0 Å². The molecule has 0 amide bonds. The van der Waals surface area contributed by atoms with Crippen LogP contribution in [-0.4, -0.2) is 5.11 Å². The third kappa shape index (κ3) is 9.06. The van der Waals surface area contributed by atoms with E-state index in [1.807, 2.05) is 13.8 Å². The van der Waals surface area contributed by atoms with Crippen LogP contribution in [0.2, 0.25) is 0 Å². The molecule has 0 heterocycles. The molecule has 0 aliphatic rings. The molecule has 0 aromatic carbocycles. The van der Waals surface area contributed by atoms with E-state index in [9.17, 15) is 0 Å². The Morgan fingerprint density at radius 2 is 2.00 bits per heavy atom. The summed E-state index contributed by atoms with van der Waals surface area (Å²) >= 11 is 0. The van der Waals surface area contributed by atoms with Crippen molar-refractivity contribution in [3.05, 3.63) is 13.5 Å². The van der Waals surface area contributed by atoms with Gasteiger partial charge in [0.2, 0.25) is 0 Å². The predicted octanol–water partition coefficient (Wildman–Crippen LogP) is 2.01. The number of hydrogen-bond acceptors (Lipinski definition) is 1. The summed E-state index contributed by atoms with van der Waals surface area (Å²) in [6, 6.07) is 0. The predicted molar refractivity (Wildman–Crippen MR) is 34.5 cm³/mol.